The van der Waals surface area contributed by atoms with Gasteiger partial charge in [0.15, 0.2) is 0 Å². The van der Waals surface area contributed by atoms with E-state index in [2.05, 4.69) is 34.9 Å². The molecular formula is C17H28N4O. The number of amides is 2. The molecule has 0 radical (unpaired) electrons. The van der Waals surface area contributed by atoms with Crippen LogP contribution in [-0.2, 0) is 0 Å². The van der Waals surface area contributed by atoms with Gasteiger partial charge in [-0.1, -0.05) is 19.3 Å². The fourth-order valence-corrected chi connectivity index (χ4v) is 2.69. The van der Waals surface area contributed by atoms with E-state index in [9.17, 15) is 4.79 Å². The molecule has 5 nitrogen and oxygen atoms in total. The number of carbonyl (C=O) groups excluding carboxylic acids is 1. The van der Waals surface area contributed by atoms with Crippen LogP contribution in [0.4, 0.5) is 16.2 Å². The number of hydrogen-bond donors (Lipinski definition) is 3. The average Bonchev–Trinajstić information content (AvgIpc) is 2.49. The van der Waals surface area contributed by atoms with E-state index in [0.29, 0.717) is 6.04 Å². The highest BCUT2D eigenvalue weighted by Crippen LogP contribution is 2.18. The largest absolute Gasteiger partial charge is 0.384 e. The third kappa shape index (κ3) is 5.93. The summed E-state index contributed by atoms with van der Waals surface area (Å²) in [6.07, 6.45) is 5.93. The molecule has 0 saturated heterocycles. The van der Waals surface area contributed by atoms with E-state index in [0.717, 1.165) is 37.3 Å². The van der Waals surface area contributed by atoms with Gasteiger partial charge >= 0.3 is 6.03 Å². The summed E-state index contributed by atoms with van der Waals surface area (Å²) in [7, 11) is 4.11. The predicted octanol–water partition coefficient (Wildman–Crippen LogP) is 3.11. The Balaban J connectivity index is 1.74. The molecule has 2 rings (SSSR count). The minimum atomic E-state index is -0.0970. The van der Waals surface area contributed by atoms with Crippen molar-refractivity contribution >= 4 is 17.4 Å². The molecular weight excluding hydrogens is 276 g/mol. The van der Waals surface area contributed by atoms with Crippen molar-refractivity contribution in [3.05, 3.63) is 24.3 Å². The number of urea groups is 1. The summed E-state index contributed by atoms with van der Waals surface area (Å²) in [5, 5.41) is 9.31. The summed E-state index contributed by atoms with van der Waals surface area (Å²) in [6, 6.07) is 8.08. The van der Waals surface area contributed by atoms with Crippen molar-refractivity contribution in [1.29, 1.82) is 0 Å². The third-order valence-electron chi connectivity index (χ3n) is 3.97. The van der Waals surface area contributed by atoms with Crippen molar-refractivity contribution in [3.63, 3.8) is 0 Å². The summed E-state index contributed by atoms with van der Waals surface area (Å²) >= 11 is 0. The van der Waals surface area contributed by atoms with Crippen molar-refractivity contribution < 1.29 is 4.79 Å². The first kappa shape index (κ1) is 16.6. The Morgan fingerprint density at radius 2 is 1.73 bits per heavy atom. The normalized spacial score (nSPS) is 15.6. The van der Waals surface area contributed by atoms with Gasteiger partial charge in [0.1, 0.15) is 0 Å². The fourth-order valence-electron chi connectivity index (χ4n) is 2.69. The van der Waals surface area contributed by atoms with Crippen LogP contribution in [0.1, 0.15) is 32.1 Å². The predicted molar refractivity (Wildman–Crippen MR) is 92.5 cm³/mol. The molecule has 122 valence electrons. The van der Waals surface area contributed by atoms with Gasteiger partial charge in [0, 0.05) is 30.5 Å². The van der Waals surface area contributed by atoms with Crippen molar-refractivity contribution in [2.75, 3.05) is 37.8 Å². The van der Waals surface area contributed by atoms with Gasteiger partial charge in [0.05, 0.1) is 0 Å². The minimum absolute atomic E-state index is 0.0970. The molecule has 2 amide bonds. The number of carbonyl (C=O) groups is 1. The third-order valence-corrected chi connectivity index (χ3v) is 3.97. The maximum atomic E-state index is 12.0. The van der Waals surface area contributed by atoms with Crippen LogP contribution in [0, 0.1) is 0 Å². The molecule has 1 aliphatic rings. The molecule has 1 aromatic carbocycles. The molecule has 1 saturated carbocycles. The van der Waals surface area contributed by atoms with Crippen LogP contribution < -0.4 is 16.0 Å². The Hall–Kier alpha value is -1.75. The van der Waals surface area contributed by atoms with E-state index in [1.54, 1.807) is 0 Å². The van der Waals surface area contributed by atoms with Crippen LogP contribution in [0.5, 0.6) is 0 Å². The standard InChI is InChI=1S/C17H28N4O/c1-21(2)13-12-18-14-8-10-16(11-9-14)20-17(22)19-15-6-4-3-5-7-15/h8-11,15,18H,3-7,12-13H2,1-2H3,(H2,19,20,22). The van der Waals surface area contributed by atoms with E-state index in [4.69, 9.17) is 0 Å². The maximum Gasteiger partial charge on any atom is 0.319 e. The zero-order valence-corrected chi connectivity index (χ0v) is 13.7. The molecule has 1 fully saturated rings. The highest BCUT2D eigenvalue weighted by atomic mass is 16.2. The molecule has 0 aromatic heterocycles. The van der Waals surface area contributed by atoms with E-state index in [-0.39, 0.29) is 6.03 Å². The SMILES string of the molecule is CN(C)CCNc1ccc(NC(=O)NC2CCCCC2)cc1. The van der Waals surface area contributed by atoms with Gasteiger partial charge in [-0.3, -0.25) is 0 Å². The van der Waals surface area contributed by atoms with Gasteiger partial charge < -0.3 is 20.9 Å². The first-order valence-electron chi connectivity index (χ1n) is 8.19. The highest BCUT2D eigenvalue weighted by molar-refractivity contribution is 5.89. The van der Waals surface area contributed by atoms with Gasteiger partial charge in [-0.2, -0.15) is 0 Å². The Morgan fingerprint density at radius 1 is 1.09 bits per heavy atom. The Kier molecular flexibility index (Phi) is 6.52. The first-order chi connectivity index (χ1) is 10.6. The first-order valence-corrected chi connectivity index (χ1v) is 8.19. The van der Waals surface area contributed by atoms with Crippen LogP contribution >= 0.6 is 0 Å². The topological polar surface area (TPSA) is 56.4 Å². The number of likely N-dealkylation sites (N-methyl/N-ethyl adjacent to an activating group) is 1. The molecule has 5 heteroatoms. The summed E-state index contributed by atoms with van der Waals surface area (Å²) < 4.78 is 0. The zero-order valence-electron chi connectivity index (χ0n) is 13.7. The second-order valence-electron chi connectivity index (χ2n) is 6.24. The van der Waals surface area contributed by atoms with Gasteiger partial charge in [-0.15, -0.1) is 0 Å². The van der Waals surface area contributed by atoms with Gasteiger partial charge in [-0.05, 0) is 51.2 Å². The van der Waals surface area contributed by atoms with E-state index in [1.807, 2.05) is 24.3 Å². The highest BCUT2D eigenvalue weighted by Gasteiger charge is 2.15. The summed E-state index contributed by atoms with van der Waals surface area (Å²) in [6.45, 7) is 1.89. The number of hydrogen-bond acceptors (Lipinski definition) is 3. The molecule has 0 unspecified atom stereocenters. The van der Waals surface area contributed by atoms with Gasteiger partial charge in [0.2, 0.25) is 0 Å². The van der Waals surface area contributed by atoms with Crippen molar-refractivity contribution in [1.82, 2.24) is 10.2 Å². The van der Waals surface area contributed by atoms with E-state index < -0.39 is 0 Å². The molecule has 1 aromatic rings. The lowest BCUT2D eigenvalue weighted by Crippen LogP contribution is -2.38. The molecule has 22 heavy (non-hydrogen) atoms. The fraction of sp³-hybridized carbons (Fsp3) is 0.588. The summed E-state index contributed by atoms with van der Waals surface area (Å²) in [4.78, 5) is 14.1. The molecule has 0 aliphatic heterocycles. The average molecular weight is 304 g/mol. The van der Waals surface area contributed by atoms with Gasteiger partial charge in [-0.25, -0.2) is 4.79 Å². The Morgan fingerprint density at radius 3 is 2.36 bits per heavy atom. The lowest BCUT2D eigenvalue weighted by atomic mass is 9.96. The number of anilines is 2. The number of benzene rings is 1. The maximum absolute atomic E-state index is 12.0. The Labute approximate surface area is 133 Å². The second kappa shape index (κ2) is 8.63. The minimum Gasteiger partial charge on any atom is -0.384 e. The summed E-state index contributed by atoms with van der Waals surface area (Å²) in [5.41, 5.74) is 1.89. The number of nitrogens with zero attached hydrogens (tertiary/aromatic N) is 1. The van der Waals surface area contributed by atoms with Crippen molar-refractivity contribution in [2.45, 2.75) is 38.1 Å². The molecule has 1 aliphatic carbocycles. The lowest BCUT2D eigenvalue weighted by molar-refractivity contribution is 0.244. The molecule has 0 spiro atoms. The summed E-state index contributed by atoms with van der Waals surface area (Å²) in [5.74, 6) is 0. The monoisotopic (exact) mass is 304 g/mol. The molecule has 0 bridgehead atoms. The quantitative estimate of drug-likeness (QED) is 0.757. The van der Waals surface area contributed by atoms with E-state index in [1.165, 1.54) is 19.3 Å². The van der Waals surface area contributed by atoms with Crippen molar-refractivity contribution in [3.8, 4) is 0 Å². The Bertz CT molecular complexity index is 452. The lowest BCUT2D eigenvalue weighted by Gasteiger charge is -2.22. The second-order valence-corrected chi connectivity index (χ2v) is 6.24. The molecule has 0 atom stereocenters. The number of rotatable bonds is 6. The van der Waals surface area contributed by atoms with Crippen LogP contribution in [0.25, 0.3) is 0 Å². The zero-order chi connectivity index (χ0) is 15.8. The van der Waals surface area contributed by atoms with Crippen LogP contribution in [0.15, 0.2) is 24.3 Å². The van der Waals surface area contributed by atoms with Crippen LogP contribution in [-0.4, -0.2) is 44.2 Å². The van der Waals surface area contributed by atoms with Crippen LogP contribution in [0.3, 0.4) is 0 Å². The van der Waals surface area contributed by atoms with Crippen LogP contribution in [0.2, 0.25) is 0 Å². The van der Waals surface area contributed by atoms with Crippen molar-refractivity contribution in [2.24, 2.45) is 0 Å². The molecule has 0 heterocycles. The molecule has 3 N–H and O–H groups in total. The van der Waals surface area contributed by atoms with E-state index >= 15 is 0 Å². The van der Waals surface area contributed by atoms with Gasteiger partial charge in [0.25, 0.3) is 0 Å². The number of nitrogens with one attached hydrogen (secondary N) is 3. The smallest absolute Gasteiger partial charge is 0.319 e.